The molecule has 0 amide bonds. The van der Waals surface area contributed by atoms with E-state index < -0.39 is 10.2 Å². The normalized spacial score (nSPS) is 21.7. The van der Waals surface area contributed by atoms with Gasteiger partial charge < -0.3 is 0 Å². The SMILES string of the molecule is [O-][Cl+3]([O-])([O-])[O-].c1ccc(C23CCCN2CCC3)cc1. The first kappa shape index (κ1) is 14.7. The molecule has 0 aliphatic carbocycles. The Balaban J connectivity index is 0.000000232. The topological polar surface area (TPSA) is 95.5 Å². The van der Waals surface area contributed by atoms with Gasteiger partial charge in [-0.05, 0) is 44.3 Å². The van der Waals surface area contributed by atoms with Crippen molar-refractivity contribution in [2.45, 2.75) is 31.2 Å². The van der Waals surface area contributed by atoms with Crippen molar-refractivity contribution in [1.82, 2.24) is 4.90 Å². The van der Waals surface area contributed by atoms with Gasteiger partial charge in [0.15, 0.2) is 0 Å². The lowest BCUT2D eigenvalue weighted by molar-refractivity contribution is -2.00. The molecule has 2 saturated heterocycles. The molecule has 0 radical (unpaired) electrons. The fourth-order valence-corrected chi connectivity index (χ4v) is 3.33. The molecule has 0 atom stereocenters. The molecule has 3 rings (SSSR count). The van der Waals surface area contributed by atoms with Gasteiger partial charge in [0, 0.05) is 5.54 Å². The second-order valence-electron chi connectivity index (χ2n) is 4.97. The maximum Gasteiger partial charge on any atom is 0.0461 e. The largest absolute Gasteiger partial charge is 0.294 e. The Morgan fingerprint density at radius 1 is 0.895 bits per heavy atom. The second-order valence-corrected chi connectivity index (χ2v) is 5.73. The lowest BCUT2D eigenvalue weighted by Gasteiger charge is -2.32. The van der Waals surface area contributed by atoms with Gasteiger partial charge in [-0.2, -0.15) is 0 Å². The summed E-state index contributed by atoms with van der Waals surface area (Å²) in [5.41, 5.74) is 1.98. The highest BCUT2D eigenvalue weighted by atomic mass is 35.7. The van der Waals surface area contributed by atoms with Gasteiger partial charge in [-0.1, -0.05) is 30.3 Å². The number of nitrogens with zero attached hydrogens (tertiary/aromatic N) is 1. The van der Waals surface area contributed by atoms with Crippen molar-refractivity contribution in [3.8, 4) is 0 Å². The second kappa shape index (κ2) is 5.75. The summed E-state index contributed by atoms with van der Waals surface area (Å²) < 4.78 is 34.0. The van der Waals surface area contributed by atoms with Crippen LogP contribution in [0.15, 0.2) is 30.3 Å². The van der Waals surface area contributed by atoms with E-state index in [1.54, 1.807) is 5.56 Å². The maximum absolute atomic E-state index is 8.49. The zero-order valence-electron chi connectivity index (χ0n) is 10.6. The van der Waals surface area contributed by atoms with E-state index in [0.717, 1.165) is 0 Å². The van der Waals surface area contributed by atoms with E-state index in [4.69, 9.17) is 18.6 Å². The Bertz CT molecular complexity index is 391. The summed E-state index contributed by atoms with van der Waals surface area (Å²) in [5.74, 6) is 0. The minimum Gasteiger partial charge on any atom is -0.294 e. The smallest absolute Gasteiger partial charge is 0.0461 e. The fraction of sp³-hybridized carbons (Fsp3) is 0.538. The highest BCUT2D eigenvalue weighted by Gasteiger charge is 2.44. The summed E-state index contributed by atoms with van der Waals surface area (Å²) in [6, 6.07) is 11.1. The van der Waals surface area contributed by atoms with Crippen LogP contribution in [-0.4, -0.2) is 18.0 Å². The molecule has 0 N–H and O–H groups in total. The van der Waals surface area contributed by atoms with E-state index >= 15 is 0 Å². The van der Waals surface area contributed by atoms with E-state index in [1.165, 1.54) is 38.8 Å². The third-order valence-electron chi connectivity index (χ3n) is 3.95. The van der Waals surface area contributed by atoms with Crippen LogP contribution in [-0.2, 0) is 5.54 Å². The van der Waals surface area contributed by atoms with Crippen LogP contribution in [0.1, 0.15) is 31.2 Å². The van der Waals surface area contributed by atoms with Crippen LogP contribution in [0.25, 0.3) is 0 Å². The number of hydrogen-bond donors (Lipinski definition) is 0. The third-order valence-corrected chi connectivity index (χ3v) is 3.95. The molecule has 1 aromatic rings. The summed E-state index contributed by atoms with van der Waals surface area (Å²) in [5, 5.41) is 0. The first-order chi connectivity index (χ1) is 8.92. The van der Waals surface area contributed by atoms with Crippen molar-refractivity contribution in [1.29, 1.82) is 0 Å². The van der Waals surface area contributed by atoms with Crippen molar-refractivity contribution in [3.05, 3.63) is 35.9 Å². The monoisotopic (exact) mass is 286 g/mol. The fourth-order valence-electron chi connectivity index (χ4n) is 3.33. The molecule has 0 saturated carbocycles. The summed E-state index contributed by atoms with van der Waals surface area (Å²) >= 11 is 0. The third kappa shape index (κ3) is 3.66. The van der Waals surface area contributed by atoms with Crippen LogP contribution >= 0.6 is 0 Å². The molecule has 0 unspecified atom stereocenters. The van der Waals surface area contributed by atoms with Gasteiger partial charge >= 0.3 is 0 Å². The molecular weight excluding hydrogens is 270 g/mol. The van der Waals surface area contributed by atoms with Gasteiger partial charge in [-0.3, -0.25) is 4.90 Å². The molecule has 0 bridgehead atoms. The maximum atomic E-state index is 8.49. The van der Waals surface area contributed by atoms with Crippen molar-refractivity contribution in [3.63, 3.8) is 0 Å². The Hall–Kier alpha value is -0.690. The van der Waals surface area contributed by atoms with E-state index in [1.807, 2.05) is 0 Å². The summed E-state index contributed by atoms with van der Waals surface area (Å²) in [6.45, 7) is 2.63. The first-order valence-corrected chi connectivity index (χ1v) is 7.58. The highest BCUT2D eigenvalue weighted by Crippen LogP contribution is 2.46. The van der Waals surface area contributed by atoms with Crippen molar-refractivity contribution in [2.24, 2.45) is 0 Å². The quantitative estimate of drug-likeness (QED) is 0.596. The van der Waals surface area contributed by atoms with E-state index in [0.29, 0.717) is 5.54 Å². The summed E-state index contributed by atoms with van der Waals surface area (Å²) in [7, 11) is -4.94. The Labute approximate surface area is 114 Å². The lowest BCUT2D eigenvalue weighted by Crippen LogP contribution is -2.68. The van der Waals surface area contributed by atoms with Crippen LogP contribution < -0.4 is 18.6 Å². The molecule has 1 aromatic carbocycles. The Morgan fingerprint density at radius 3 is 1.84 bits per heavy atom. The van der Waals surface area contributed by atoms with Crippen molar-refractivity contribution < 1.29 is 28.9 Å². The minimum atomic E-state index is -4.94. The minimum absolute atomic E-state index is 0.432. The van der Waals surface area contributed by atoms with Crippen LogP contribution in [0.4, 0.5) is 0 Å². The first-order valence-electron chi connectivity index (χ1n) is 6.34. The molecule has 19 heavy (non-hydrogen) atoms. The number of benzene rings is 1. The van der Waals surface area contributed by atoms with E-state index in [9.17, 15) is 0 Å². The van der Waals surface area contributed by atoms with Gasteiger partial charge in [0.1, 0.15) is 0 Å². The molecule has 6 heteroatoms. The van der Waals surface area contributed by atoms with Crippen LogP contribution in [0, 0.1) is 10.2 Å². The molecular formula is C13H17ClNO4-. The van der Waals surface area contributed by atoms with E-state index in [-0.39, 0.29) is 0 Å². The molecule has 0 aromatic heterocycles. The van der Waals surface area contributed by atoms with Gasteiger partial charge in [-0.15, -0.1) is 10.2 Å². The standard InChI is InChI=1S/C13H17N.ClHO4/c1-2-6-12(7-3-1)13-8-4-10-14(13)11-5-9-13;2-1(3,4)5/h1-3,6-7H,4-5,8-11H2;(H,2,3,4,5)/p-1. The van der Waals surface area contributed by atoms with Gasteiger partial charge in [0.05, 0.1) is 0 Å². The van der Waals surface area contributed by atoms with Crippen LogP contribution in [0.3, 0.4) is 0 Å². The Kier molecular flexibility index (Phi) is 4.45. The van der Waals surface area contributed by atoms with Crippen molar-refractivity contribution in [2.75, 3.05) is 13.1 Å². The number of hydrogen-bond acceptors (Lipinski definition) is 5. The van der Waals surface area contributed by atoms with Gasteiger partial charge in [-0.25, -0.2) is 18.6 Å². The lowest BCUT2D eigenvalue weighted by atomic mass is 9.86. The zero-order chi connectivity index (χ0) is 13.9. The highest BCUT2D eigenvalue weighted by molar-refractivity contribution is 5.27. The van der Waals surface area contributed by atoms with Gasteiger partial charge in [0.2, 0.25) is 0 Å². The van der Waals surface area contributed by atoms with Crippen molar-refractivity contribution >= 4 is 0 Å². The predicted octanol–water partition coefficient (Wildman–Crippen LogP) is -1.98. The molecule has 5 nitrogen and oxygen atoms in total. The molecule has 2 heterocycles. The average molecular weight is 287 g/mol. The Morgan fingerprint density at radius 2 is 1.37 bits per heavy atom. The summed E-state index contributed by atoms with van der Waals surface area (Å²) in [6.07, 6.45) is 5.51. The number of fused-ring (bicyclic) bond motifs is 1. The molecule has 0 spiro atoms. The van der Waals surface area contributed by atoms with Crippen LogP contribution in [0.2, 0.25) is 0 Å². The van der Waals surface area contributed by atoms with Crippen LogP contribution in [0.5, 0.6) is 0 Å². The molecule has 2 aliphatic heterocycles. The molecule has 2 fully saturated rings. The number of halogens is 1. The molecule has 2 aliphatic rings. The van der Waals surface area contributed by atoms with Gasteiger partial charge in [0.25, 0.3) is 0 Å². The molecule has 106 valence electrons. The summed E-state index contributed by atoms with van der Waals surface area (Å²) in [4.78, 5) is 2.70. The van der Waals surface area contributed by atoms with E-state index in [2.05, 4.69) is 35.2 Å². The average Bonchev–Trinajstić information content (AvgIpc) is 2.87. The zero-order valence-corrected chi connectivity index (χ0v) is 11.3. The number of rotatable bonds is 1. The predicted molar refractivity (Wildman–Crippen MR) is 58.2 cm³/mol.